The molecular weight excluding hydrogens is 303 g/mol. The van der Waals surface area contributed by atoms with Crippen molar-refractivity contribution in [1.29, 1.82) is 0 Å². The van der Waals surface area contributed by atoms with E-state index in [1.54, 1.807) is 0 Å². The molecule has 128 valence electrons. The lowest BCUT2D eigenvalue weighted by molar-refractivity contribution is 0.413. The fourth-order valence-electron chi connectivity index (χ4n) is 1.03. The Balaban J connectivity index is -0.0000000634. The first-order valence-corrected chi connectivity index (χ1v) is 6.84. The summed E-state index contributed by atoms with van der Waals surface area (Å²) in [6.07, 6.45) is 8.76. The molecule has 0 radical (unpaired) electrons. The van der Waals surface area contributed by atoms with Gasteiger partial charge < -0.3 is 0 Å². The Hall–Kier alpha value is -0.540. The molecule has 0 aliphatic rings. The van der Waals surface area contributed by atoms with Gasteiger partial charge in [-0.25, -0.2) is 0 Å². The predicted octanol–water partition coefficient (Wildman–Crippen LogP) is 4.84. The molecule has 0 aromatic heterocycles. The monoisotopic (exact) mass is 338 g/mol. The summed E-state index contributed by atoms with van der Waals surface area (Å²) >= 11 is 0. The van der Waals surface area contributed by atoms with E-state index in [1.165, 1.54) is 6.42 Å². The highest BCUT2D eigenvalue weighted by molar-refractivity contribution is 5.85. The van der Waals surface area contributed by atoms with Gasteiger partial charge in [0.15, 0.2) is 0 Å². The summed E-state index contributed by atoms with van der Waals surface area (Å²) in [5.74, 6) is 0. The minimum absolute atomic E-state index is 0. The van der Waals surface area contributed by atoms with Gasteiger partial charge in [-0.15, -0.1) is 51.1 Å². The summed E-state index contributed by atoms with van der Waals surface area (Å²) in [6.45, 7) is 22.4. The van der Waals surface area contributed by atoms with Crippen molar-refractivity contribution in [3.63, 3.8) is 0 Å². The van der Waals surface area contributed by atoms with Crippen LogP contribution in [0.3, 0.4) is 0 Å². The van der Waals surface area contributed by atoms with E-state index in [0.29, 0.717) is 0 Å². The molecule has 0 aromatic carbocycles. The van der Waals surface area contributed by atoms with Crippen LogP contribution in [0.2, 0.25) is 0 Å². The van der Waals surface area contributed by atoms with E-state index in [0.717, 1.165) is 26.2 Å². The zero-order valence-electron chi connectivity index (χ0n) is 14.4. The normalized spacial score (nSPS) is 7.90. The first-order chi connectivity index (χ1) is 9.03. The number of nitrogens with zero attached hydrogens (tertiary/aromatic N) is 2. The van der Waals surface area contributed by atoms with Gasteiger partial charge in [-0.1, -0.05) is 44.6 Å². The van der Waals surface area contributed by atoms with Crippen molar-refractivity contribution < 1.29 is 0 Å². The van der Waals surface area contributed by atoms with E-state index in [1.807, 2.05) is 38.4 Å². The van der Waals surface area contributed by atoms with Crippen molar-refractivity contribution in [2.45, 2.75) is 20.3 Å². The second kappa shape index (κ2) is 31.7. The molecule has 0 heterocycles. The molecule has 4 heteroatoms. The van der Waals surface area contributed by atoms with Crippen molar-refractivity contribution in [2.24, 2.45) is 0 Å². The fourth-order valence-corrected chi connectivity index (χ4v) is 1.03. The molecule has 2 nitrogen and oxygen atoms in total. The average molecular weight is 339 g/mol. The maximum Gasteiger partial charge on any atom is 0.0160 e. The number of rotatable bonds is 8. The van der Waals surface area contributed by atoms with Crippen molar-refractivity contribution in [2.75, 3.05) is 40.3 Å². The molecule has 0 rings (SSSR count). The summed E-state index contributed by atoms with van der Waals surface area (Å²) in [7, 11) is 4.06. The SMILES string of the molecule is C=CCN(C)CC=C.C=CCN(C)CC=C.CCC.Cl.Cl. The third kappa shape index (κ3) is 45.2. The summed E-state index contributed by atoms with van der Waals surface area (Å²) in [6, 6.07) is 0. The quantitative estimate of drug-likeness (QED) is 0.584. The molecule has 0 aromatic rings. The molecule has 21 heavy (non-hydrogen) atoms. The minimum atomic E-state index is 0. The third-order valence-corrected chi connectivity index (χ3v) is 1.76. The van der Waals surface area contributed by atoms with E-state index in [9.17, 15) is 0 Å². The first-order valence-electron chi connectivity index (χ1n) is 6.84. The number of hydrogen-bond acceptors (Lipinski definition) is 2. The zero-order valence-corrected chi connectivity index (χ0v) is 16.0. The van der Waals surface area contributed by atoms with Crippen LogP contribution < -0.4 is 0 Å². The van der Waals surface area contributed by atoms with Crippen LogP contribution in [0.1, 0.15) is 20.3 Å². The Labute approximate surface area is 146 Å². The van der Waals surface area contributed by atoms with E-state index >= 15 is 0 Å². The molecule has 0 aliphatic carbocycles. The van der Waals surface area contributed by atoms with Crippen molar-refractivity contribution >= 4 is 24.8 Å². The van der Waals surface area contributed by atoms with Crippen LogP contribution in [0.5, 0.6) is 0 Å². The highest BCUT2D eigenvalue weighted by atomic mass is 35.5. The van der Waals surface area contributed by atoms with Gasteiger partial charge in [-0.05, 0) is 14.1 Å². The lowest BCUT2D eigenvalue weighted by Gasteiger charge is -2.09. The highest BCUT2D eigenvalue weighted by Gasteiger charge is 1.86. The van der Waals surface area contributed by atoms with Crippen LogP contribution >= 0.6 is 24.8 Å². The molecule has 0 aliphatic heterocycles. The molecule has 0 saturated heterocycles. The molecule has 0 bridgehead atoms. The second-order valence-corrected chi connectivity index (χ2v) is 4.30. The topological polar surface area (TPSA) is 6.48 Å². The second-order valence-electron chi connectivity index (χ2n) is 4.30. The summed E-state index contributed by atoms with van der Waals surface area (Å²) in [5, 5.41) is 0. The minimum Gasteiger partial charge on any atom is -0.299 e. The van der Waals surface area contributed by atoms with E-state index < -0.39 is 0 Å². The number of halogens is 2. The van der Waals surface area contributed by atoms with E-state index in [-0.39, 0.29) is 24.8 Å². The van der Waals surface area contributed by atoms with Gasteiger partial charge in [-0.2, -0.15) is 0 Å². The maximum absolute atomic E-state index is 3.61. The Bertz CT molecular complexity index is 177. The third-order valence-electron chi connectivity index (χ3n) is 1.76. The largest absolute Gasteiger partial charge is 0.299 e. The Morgan fingerprint density at radius 1 is 0.619 bits per heavy atom. The average Bonchev–Trinajstić information content (AvgIpc) is 2.32. The van der Waals surface area contributed by atoms with Gasteiger partial charge in [0.2, 0.25) is 0 Å². The van der Waals surface area contributed by atoms with Crippen LogP contribution in [0, 0.1) is 0 Å². The van der Waals surface area contributed by atoms with Crippen LogP contribution in [-0.4, -0.2) is 50.1 Å². The van der Waals surface area contributed by atoms with Crippen molar-refractivity contribution in [3.05, 3.63) is 50.6 Å². The summed E-state index contributed by atoms with van der Waals surface area (Å²) in [4.78, 5) is 4.25. The molecule has 0 amide bonds. The molecule has 0 saturated carbocycles. The van der Waals surface area contributed by atoms with Gasteiger partial charge in [0.05, 0.1) is 0 Å². The molecule has 0 atom stereocenters. The molecular formula is C17H36Cl2N2. The lowest BCUT2D eigenvalue weighted by Crippen LogP contribution is -2.17. The van der Waals surface area contributed by atoms with Gasteiger partial charge in [0.1, 0.15) is 0 Å². The smallest absolute Gasteiger partial charge is 0.0160 e. The fraction of sp³-hybridized carbons (Fsp3) is 0.529. The van der Waals surface area contributed by atoms with E-state index in [2.05, 4.69) is 50.0 Å². The highest BCUT2D eigenvalue weighted by Crippen LogP contribution is 1.80. The van der Waals surface area contributed by atoms with Gasteiger partial charge in [-0.3, -0.25) is 9.80 Å². The van der Waals surface area contributed by atoms with Gasteiger partial charge in [0, 0.05) is 26.2 Å². The Morgan fingerprint density at radius 2 is 0.762 bits per heavy atom. The number of likely N-dealkylation sites (N-methyl/N-ethyl adjacent to an activating group) is 2. The van der Waals surface area contributed by atoms with Crippen molar-refractivity contribution in [3.8, 4) is 0 Å². The standard InChI is InChI=1S/2C7H13N.C3H8.2ClH/c2*1-4-6-8(3)7-5-2;1-3-2;;/h2*4-5H,1-2,6-7H2,3H3;3H2,1-2H3;2*1H. The van der Waals surface area contributed by atoms with Crippen LogP contribution in [0.25, 0.3) is 0 Å². The first kappa shape index (κ1) is 32.4. The van der Waals surface area contributed by atoms with Crippen LogP contribution in [0.4, 0.5) is 0 Å². The van der Waals surface area contributed by atoms with Gasteiger partial charge in [0.25, 0.3) is 0 Å². The molecule has 0 spiro atoms. The molecule has 0 N–H and O–H groups in total. The summed E-state index contributed by atoms with van der Waals surface area (Å²) < 4.78 is 0. The maximum atomic E-state index is 3.61. The Morgan fingerprint density at radius 3 is 0.857 bits per heavy atom. The van der Waals surface area contributed by atoms with Crippen molar-refractivity contribution in [1.82, 2.24) is 9.80 Å². The molecule has 0 unspecified atom stereocenters. The predicted molar refractivity (Wildman–Crippen MR) is 106 cm³/mol. The molecule has 0 fully saturated rings. The number of hydrogen-bond donors (Lipinski definition) is 0. The zero-order chi connectivity index (χ0) is 15.5. The summed E-state index contributed by atoms with van der Waals surface area (Å²) in [5.41, 5.74) is 0. The van der Waals surface area contributed by atoms with E-state index in [4.69, 9.17) is 0 Å². The van der Waals surface area contributed by atoms with Gasteiger partial charge >= 0.3 is 0 Å². The van der Waals surface area contributed by atoms with Crippen LogP contribution in [-0.2, 0) is 0 Å². The lowest BCUT2D eigenvalue weighted by atomic mass is 10.5. The van der Waals surface area contributed by atoms with Crippen LogP contribution in [0.15, 0.2) is 50.6 Å². The Kier molecular flexibility index (Phi) is 49.0.